The van der Waals surface area contributed by atoms with E-state index in [1.54, 1.807) is 19.3 Å². The van der Waals surface area contributed by atoms with E-state index in [1.807, 2.05) is 16.8 Å². The maximum atomic E-state index is 9.08. The Bertz CT molecular complexity index is 423. The predicted octanol–water partition coefficient (Wildman–Crippen LogP) is 0.522. The Hall–Kier alpha value is -1.62. The van der Waals surface area contributed by atoms with Gasteiger partial charge in [0.1, 0.15) is 5.82 Å². The molecule has 2 aromatic rings. The molecular formula is C9H12N4O. The molecule has 0 spiro atoms. The van der Waals surface area contributed by atoms with E-state index >= 15 is 0 Å². The van der Waals surface area contributed by atoms with Crippen LogP contribution < -0.4 is 5.32 Å². The summed E-state index contributed by atoms with van der Waals surface area (Å²) in [6, 6.07) is 0. The minimum atomic E-state index is -0.379. The molecular weight excluding hydrogens is 180 g/mol. The first-order valence-electron chi connectivity index (χ1n) is 4.46. The molecule has 0 bridgehead atoms. The predicted molar refractivity (Wildman–Crippen MR) is 53.2 cm³/mol. The van der Waals surface area contributed by atoms with Crippen LogP contribution in [0.1, 0.15) is 6.92 Å². The number of rotatable bonds is 3. The molecule has 5 heteroatoms. The standard InChI is InChI=1S/C9H12N4O/c1-7(14)4-11-8-6-13-3-2-10-9(13)5-12-8/h2-3,5-7,11,14H,4H2,1H3/t7-/m0/s1. The molecule has 0 aromatic carbocycles. The Morgan fingerprint density at radius 1 is 1.57 bits per heavy atom. The van der Waals surface area contributed by atoms with E-state index in [9.17, 15) is 0 Å². The number of hydrogen-bond donors (Lipinski definition) is 2. The minimum Gasteiger partial charge on any atom is -0.392 e. The summed E-state index contributed by atoms with van der Waals surface area (Å²) in [5, 5.41) is 12.1. The van der Waals surface area contributed by atoms with Gasteiger partial charge in [-0.05, 0) is 6.92 Å². The number of imidazole rings is 1. The molecule has 2 heterocycles. The van der Waals surface area contributed by atoms with Gasteiger partial charge in [0.15, 0.2) is 5.65 Å². The summed E-state index contributed by atoms with van der Waals surface area (Å²) in [4.78, 5) is 8.22. The molecule has 1 atom stereocenters. The quantitative estimate of drug-likeness (QED) is 0.744. The van der Waals surface area contributed by atoms with Crippen molar-refractivity contribution in [3.05, 3.63) is 24.8 Å². The lowest BCUT2D eigenvalue weighted by molar-refractivity contribution is 0.208. The van der Waals surface area contributed by atoms with E-state index in [2.05, 4.69) is 15.3 Å². The molecule has 0 radical (unpaired) electrons. The van der Waals surface area contributed by atoms with Crippen LogP contribution in [0.2, 0.25) is 0 Å². The molecule has 2 rings (SSSR count). The van der Waals surface area contributed by atoms with Crippen LogP contribution >= 0.6 is 0 Å². The first-order valence-corrected chi connectivity index (χ1v) is 4.46. The normalized spacial score (nSPS) is 13.0. The van der Waals surface area contributed by atoms with Gasteiger partial charge in [-0.2, -0.15) is 0 Å². The van der Waals surface area contributed by atoms with Crippen molar-refractivity contribution in [1.82, 2.24) is 14.4 Å². The fourth-order valence-corrected chi connectivity index (χ4v) is 1.17. The maximum absolute atomic E-state index is 9.08. The van der Waals surface area contributed by atoms with Gasteiger partial charge in [-0.3, -0.25) is 0 Å². The van der Waals surface area contributed by atoms with Crippen LogP contribution in [0.15, 0.2) is 24.8 Å². The Labute approximate surface area is 81.4 Å². The average Bonchev–Trinajstić information content (AvgIpc) is 2.61. The number of fused-ring (bicyclic) bond motifs is 1. The highest BCUT2D eigenvalue weighted by Gasteiger charge is 1.99. The number of anilines is 1. The van der Waals surface area contributed by atoms with E-state index < -0.39 is 0 Å². The van der Waals surface area contributed by atoms with Crippen LogP contribution in [0.4, 0.5) is 5.82 Å². The Kier molecular flexibility index (Phi) is 2.32. The third-order valence-corrected chi connectivity index (χ3v) is 1.86. The third kappa shape index (κ3) is 1.82. The number of hydrogen-bond acceptors (Lipinski definition) is 4. The Balaban J connectivity index is 2.17. The molecule has 0 saturated heterocycles. The molecule has 0 fully saturated rings. The van der Waals surface area contributed by atoms with Crippen molar-refractivity contribution in [3.63, 3.8) is 0 Å². The highest BCUT2D eigenvalue weighted by Crippen LogP contribution is 2.04. The van der Waals surface area contributed by atoms with Crippen LogP contribution in [0.5, 0.6) is 0 Å². The highest BCUT2D eigenvalue weighted by atomic mass is 16.3. The second-order valence-electron chi connectivity index (χ2n) is 3.20. The highest BCUT2D eigenvalue weighted by molar-refractivity contribution is 5.42. The van der Waals surface area contributed by atoms with Crippen LogP contribution in [0.3, 0.4) is 0 Å². The lowest BCUT2D eigenvalue weighted by atomic mass is 10.4. The van der Waals surface area contributed by atoms with Crippen molar-refractivity contribution in [3.8, 4) is 0 Å². The van der Waals surface area contributed by atoms with Gasteiger partial charge in [0, 0.05) is 18.9 Å². The van der Waals surface area contributed by atoms with Crippen LogP contribution in [0.25, 0.3) is 5.65 Å². The van der Waals surface area contributed by atoms with Gasteiger partial charge in [0.2, 0.25) is 0 Å². The first-order chi connectivity index (χ1) is 6.75. The van der Waals surface area contributed by atoms with Crippen LogP contribution in [-0.2, 0) is 0 Å². The molecule has 0 aliphatic heterocycles. The molecule has 5 nitrogen and oxygen atoms in total. The smallest absolute Gasteiger partial charge is 0.155 e. The lowest BCUT2D eigenvalue weighted by Gasteiger charge is -2.07. The van der Waals surface area contributed by atoms with Gasteiger partial charge in [0.25, 0.3) is 0 Å². The number of aliphatic hydroxyl groups is 1. The largest absolute Gasteiger partial charge is 0.392 e. The van der Waals surface area contributed by atoms with E-state index in [-0.39, 0.29) is 6.10 Å². The number of aliphatic hydroxyl groups excluding tert-OH is 1. The summed E-state index contributed by atoms with van der Waals surface area (Å²) in [6.45, 7) is 2.22. The zero-order valence-electron chi connectivity index (χ0n) is 7.88. The summed E-state index contributed by atoms with van der Waals surface area (Å²) in [5.41, 5.74) is 0.813. The third-order valence-electron chi connectivity index (χ3n) is 1.86. The van der Waals surface area contributed by atoms with Gasteiger partial charge >= 0.3 is 0 Å². The van der Waals surface area contributed by atoms with Gasteiger partial charge < -0.3 is 14.8 Å². The molecule has 0 unspecified atom stereocenters. The summed E-state index contributed by atoms with van der Waals surface area (Å²) in [7, 11) is 0. The summed E-state index contributed by atoms with van der Waals surface area (Å²) < 4.78 is 1.87. The molecule has 74 valence electrons. The fourth-order valence-electron chi connectivity index (χ4n) is 1.17. The average molecular weight is 192 g/mol. The van der Waals surface area contributed by atoms with Crippen molar-refractivity contribution in [1.29, 1.82) is 0 Å². The monoisotopic (exact) mass is 192 g/mol. The van der Waals surface area contributed by atoms with Gasteiger partial charge in [-0.1, -0.05) is 0 Å². The zero-order valence-corrected chi connectivity index (χ0v) is 7.88. The zero-order chi connectivity index (χ0) is 9.97. The maximum Gasteiger partial charge on any atom is 0.155 e. The van der Waals surface area contributed by atoms with E-state index in [4.69, 9.17) is 5.11 Å². The number of nitrogens with one attached hydrogen (secondary N) is 1. The van der Waals surface area contributed by atoms with Crippen molar-refractivity contribution in [2.75, 3.05) is 11.9 Å². The van der Waals surface area contributed by atoms with E-state index in [0.29, 0.717) is 6.54 Å². The molecule has 0 amide bonds. The van der Waals surface area contributed by atoms with Crippen LogP contribution in [-0.4, -0.2) is 32.1 Å². The summed E-state index contributed by atoms with van der Waals surface area (Å²) in [6.07, 6.45) is 6.71. The molecule has 0 saturated carbocycles. The summed E-state index contributed by atoms with van der Waals surface area (Å²) >= 11 is 0. The number of nitrogens with zero attached hydrogens (tertiary/aromatic N) is 3. The topological polar surface area (TPSA) is 62.5 Å². The van der Waals surface area contributed by atoms with Crippen molar-refractivity contribution in [2.24, 2.45) is 0 Å². The van der Waals surface area contributed by atoms with E-state index in [1.165, 1.54) is 0 Å². The lowest BCUT2D eigenvalue weighted by Crippen LogP contribution is -2.16. The molecule has 0 aliphatic carbocycles. The Morgan fingerprint density at radius 3 is 3.21 bits per heavy atom. The Morgan fingerprint density at radius 2 is 2.43 bits per heavy atom. The minimum absolute atomic E-state index is 0.379. The second kappa shape index (κ2) is 3.63. The molecule has 2 N–H and O–H groups in total. The van der Waals surface area contributed by atoms with Gasteiger partial charge in [-0.15, -0.1) is 0 Å². The van der Waals surface area contributed by atoms with Crippen molar-refractivity contribution < 1.29 is 5.11 Å². The second-order valence-corrected chi connectivity index (χ2v) is 3.20. The van der Waals surface area contributed by atoms with Crippen molar-refractivity contribution >= 4 is 11.5 Å². The molecule has 2 aromatic heterocycles. The van der Waals surface area contributed by atoms with Gasteiger partial charge in [-0.25, -0.2) is 9.97 Å². The number of aromatic nitrogens is 3. The van der Waals surface area contributed by atoms with Crippen LogP contribution in [0, 0.1) is 0 Å². The first kappa shape index (κ1) is 8.96. The van der Waals surface area contributed by atoms with E-state index in [0.717, 1.165) is 11.5 Å². The van der Waals surface area contributed by atoms with Crippen molar-refractivity contribution in [2.45, 2.75) is 13.0 Å². The molecule has 0 aliphatic rings. The molecule has 14 heavy (non-hydrogen) atoms. The van der Waals surface area contributed by atoms with Gasteiger partial charge in [0.05, 0.1) is 18.5 Å². The SMILES string of the molecule is C[C@H](O)CNc1cn2ccnc2cn1. The fraction of sp³-hybridized carbons (Fsp3) is 0.333. The summed E-state index contributed by atoms with van der Waals surface area (Å²) in [5.74, 6) is 0.733.